The van der Waals surface area contributed by atoms with Gasteiger partial charge >= 0.3 is 71.1 Å². The number of hydrogen-bond acceptors (Lipinski definition) is 19. The van der Waals surface area contributed by atoms with Crippen molar-refractivity contribution in [3.8, 4) is 5.75 Å². The monoisotopic (exact) mass is 871 g/mol. The van der Waals surface area contributed by atoms with Gasteiger partial charge in [-0.15, -0.1) is 10.2 Å². The zero-order chi connectivity index (χ0) is 40.2. The van der Waals surface area contributed by atoms with E-state index >= 15 is 0 Å². The molecule has 288 valence electrons. The van der Waals surface area contributed by atoms with Crippen molar-refractivity contribution in [3.63, 3.8) is 0 Å². The Labute approximate surface area is 364 Å². The third-order valence-electron chi connectivity index (χ3n) is 7.08. The number of azo groups is 2. The molecule has 0 unspecified atom stereocenters. The fourth-order valence-electron chi connectivity index (χ4n) is 4.56. The normalized spacial score (nSPS) is 12.3. The number of carbonyl (C=O) groups excluding carboxylic acids is 2. The molecule has 20 nitrogen and oxygen atoms in total. The quantitative estimate of drug-likeness (QED) is 0.0424. The van der Waals surface area contributed by atoms with Crippen LogP contribution >= 0.6 is 0 Å². The maximum absolute atomic E-state index is 13.7. The minimum absolute atomic E-state index is 0. The standard InChI is InChI=1S/C30H29N5O15S4.2Na/c1-17(36)49-11-13-51(39,40)22-7-3-20(4-8-22)32-34-28-24(53(43,44)45)15-19-16-25(54(46,47)48)29(30(38)26(19)27(28)31)35-33-21-5-9-23(10-6-21)52(41,42)14-12-50-18(2)37;;/h3-10,15-16,38H,11-14,31H2,1-2H3,(H,43,44,45)(H,46,47,48);;/q;2*+1/p-2. The average molecular weight is 872 g/mol. The van der Waals surface area contributed by atoms with E-state index in [1.54, 1.807) is 0 Å². The number of esters is 2. The molecule has 0 atom stereocenters. The maximum atomic E-state index is 13.7. The molecule has 56 heavy (non-hydrogen) atoms. The van der Waals surface area contributed by atoms with Crippen LogP contribution in [0.25, 0.3) is 10.8 Å². The Hall–Kier alpha value is -3.40. The van der Waals surface area contributed by atoms with E-state index in [2.05, 4.69) is 29.9 Å². The van der Waals surface area contributed by atoms with Crippen LogP contribution in [0.15, 0.2) is 101 Å². The van der Waals surface area contributed by atoms with Crippen molar-refractivity contribution < 1.29 is 126 Å². The number of rotatable bonds is 14. The molecule has 0 heterocycles. The van der Waals surface area contributed by atoms with Gasteiger partial charge in [-0.3, -0.25) is 14.1 Å². The first-order valence-electron chi connectivity index (χ1n) is 14.8. The van der Waals surface area contributed by atoms with Crippen LogP contribution in [0.1, 0.15) is 13.8 Å². The van der Waals surface area contributed by atoms with E-state index < -0.39 is 120 Å². The summed E-state index contributed by atoms with van der Waals surface area (Å²) in [7, 11) is -18.5. The van der Waals surface area contributed by atoms with Gasteiger partial charge in [0, 0.05) is 19.2 Å². The van der Waals surface area contributed by atoms with Crippen molar-refractivity contribution >= 4 is 91.1 Å². The second-order valence-electron chi connectivity index (χ2n) is 10.9. The molecule has 0 aromatic heterocycles. The molecule has 0 aliphatic rings. The molecular weight excluding hydrogens is 845 g/mol. The van der Waals surface area contributed by atoms with Crippen LogP contribution in [0.4, 0.5) is 28.4 Å². The Morgan fingerprint density at radius 1 is 0.679 bits per heavy atom. The fourth-order valence-corrected chi connectivity index (χ4v) is 8.05. The Balaban J connectivity index is 0.00000541. The number of hydrogen-bond donors (Lipinski definition) is 2. The number of nitrogens with two attached hydrogens (primary N) is 1. The van der Waals surface area contributed by atoms with Gasteiger partial charge in [-0.1, -0.05) is 5.75 Å². The molecule has 0 saturated heterocycles. The number of ether oxygens (including phenoxy) is 2. The summed E-state index contributed by atoms with van der Waals surface area (Å²) in [5, 5.41) is 27.5. The van der Waals surface area contributed by atoms with Crippen LogP contribution in [0.5, 0.6) is 5.75 Å². The number of sulfone groups is 2. The number of nitrogens with zero attached hydrogens (tertiary/aromatic N) is 4. The Morgan fingerprint density at radius 3 is 1.45 bits per heavy atom. The predicted octanol–water partition coefficient (Wildman–Crippen LogP) is -2.84. The van der Waals surface area contributed by atoms with Gasteiger partial charge in [-0.05, 0) is 66.0 Å². The number of nitrogen functional groups attached to an aromatic ring is 1. The first-order valence-corrected chi connectivity index (χ1v) is 21.0. The molecular formula is C30H27N5Na2O15S4. The van der Waals surface area contributed by atoms with Gasteiger partial charge in [0.05, 0.1) is 48.9 Å². The van der Waals surface area contributed by atoms with Crippen molar-refractivity contribution in [2.75, 3.05) is 30.5 Å². The summed E-state index contributed by atoms with van der Waals surface area (Å²) in [5.41, 5.74) is 3.32. The van der Waals surface area contributed by atoms with Crippen molar-refractivity contribution in [2.45, 2.75) is 33.4 Å². The van der Waals surface area contributed by atoms with Crippen LogP contribution < -0.4 is 70.0 Å². The molecule has 4 aromatic carbocycles. The van der Waals surface area contributed by atoms with E-state index in [1.807, 2.05) is 0 Å². The molecule has 4 rings (SSSR count). The molecule has 0 amide bonds. The van der Waals surface area contributed by atoms with E-state index in [9.17, 15) is 57.5 Å². The summed E-state index contributed by atoms with van der Waals surface area (Å²) in [5.74, 6) is -3.73. The Bertz CT molecular complexity index is 2480. The Morgan fingerprint density at radius 2 is 1.07 bits per heavy atom. The smallest absolute Gasteiger partial charge is 0.870 e. The summed E-state index contributed by atoms with van der Waals surface area (Å²) >= 11 is 0. The van der Waals surface area contributed by atoms with Gasteiger partial charge in [0.1, 0.15) is 33.9 Å². The van der Waals surface area contributed by atoms with Crippen LogP contribution in [-0.2, 0) is 59.0 Å². The molecule has 4 aromatic rings. The molecule has 0 spiro atoms. The Kier molecular flexibility index (Phi) is 16.9. The maximum Gasteiger partial charge on any atom is 1.00 e. The minimum atomic E-state index is -5.45. The molecule has 3 N–H and O–H groups in total. The molecule has 0 aliphatic carbocycles. The number of benzene rings is 4. The number of carbonyl (C=O) groups is 2. The summed E-state index contributed by atoms with van der Waals surface area (Å²) in [6, 6.07) is 10.3. The zero-order valence-corrected chi connectivity index (χ0v) is 37.0. The van der Waals surface area contributed by atoms with Crippen molar-refractivity contribution in [2.24, 2.45) is 20.5 Å². The second kappa shape index (κ2) is 19.4. The van der Waals surface area contributed by atoms with E-state index in [0.717, 1.165) is 62.4 Å². The van der Waals surface area contributed by atoms with Gasteiger partial charge in [0.25, 0.3) is 10.1 Å². The zero-order valence-electron chi connectivity index (χ0n) is 29.8. The molecule has 0 radical (unpaired) electrons. The van der Waals surface area contributed by atoms with E-state index in [0.29, 0.717) is 12.1 Å². The first-order chi connectivity index (χ1) is 25.0. The van der Waals surface area contributed by atoms with Crippen LogP contribution in [0.3, 0.4) is 0 Å². The summed E-state index contributed by atoms with van der Waals surface area (Å²) < 4.78 is 131. The van der Waals surface area contributed by atoms with Gasteiger partial charge in [-0.2, -0.15) is 18.6 Å². The third-order valence-corrected chi connectivity index (χ3v) is 12.2. The second-order valence-corrected chi connectivity index (χ2v) is 17.9. The first kappa shape index (κ1) is 48.7. The number of anilines is 1. The van der Waals surface area contributed by atoms with Crippen molar-refractivity contribution in [1.82, 2.24) is 0 Å². The van der Waals surface area contributed by atoms with Crippen LogP contribution in [0.2, 0.25) is 0 Å². The van der Waals surface area contributed by atoms with E-state index in [-0.39, 0.29) is 80.3 Å². The van der Waals surface area contributed by atoms with Gasteiger partial charge in [0.15, 0.2) is 19.7 Å². The van der Waals surface area contributed by atoms with Gasteiger partial charge < -0.3 is 24.9 Å². The fraction of sp³-hybridized carbons (Fsp3) is 0.200. The largest absolute Gasteiger partial charge is 1.00 e. The number of fused-ring (bicyclic) bond motifs is 1. The summed E-state index contributed by atoms with van der Waals surface area (Å²) in [4.78, 5) is 19.2. The topological polar surface area (TPSA) is 331 Å². The minimum Gasteiger partial charge on any atom is -0.870 e. The van der Waals surface area contributed by atoms with Crippen LogP contribution in [0, 0.1) is 0 Å². The SMILES string of the molecule is CC(=O)OCCS(=O)(=O)c1ccc(N=Nc2c(S(=O)(=O)[O-])cc3cc(S(=O)(=O)O)c(N=Nc4ccc(S(=O)(=O)CCOC(C)=O)cc4)c([O-])c3c2N)cc1.[Na+].[Na+]. The molecule has 26 heteroatoms. The third kappa shape index (κ3) is 12.3. The summed E-state index contributed by atoms with van der Waals surface area (Å²) in [6.07, 6.45) is 0. The predicted molar refractivity (Wildman–Crippen MR) is 184 cm³/mol. The van der Waals surface area contributed by atoms with E-state index in [1.165, 1.54) is 0 Å². The summed E-state index contributed by atoms with van der Waals surface area (Å²) in [6.45, 7) is 1.41. The molecule has 0 aliphatic heterocycles. The average Bonchev–Trinajstić information content (AvgIpc) is 3.06. The molecule has 0 fully saturated rings. The van der Waals surface area contributed by atoms with Gasteiger partial charge in [-0.25, -0.2) is 25.3 Å². The molecule has 0 bridgehead atoms. The molecule has 0 saturated carbocycles. The van der Waals surface area contributed by atoms with Crippen molar-refractivity contribution in [1.29, 1.82) is 0 Å². The van der Waals surface area contributed by atoms with Crippen molar-refractivity contribution in [3.05, 3.63) is 60.7 Å². The van der Waals surface area contributed by atoms with Gasteiger partial charge in [0.2, 0.25) is 0 Å². The van der Waals surface area contributed by atoms with E-state index in [4.69, 9.17) is 5.73 Å². The van der Waals surface area contributed by atoms with Crippen LogP contribution in [-0.4, -0.2) is 79.4 Å².